The summed E-state index contributed by atoms with van der Waals surface area (Å²) in [6.45, 7) is 0. The Bertz CT molecular complexity index is 265. The molecule has 0 aromatic heterocycles. The van der Waals surface area contributed by atoms with Crippen LogP contribution >= 0.6 is 0 Å². The summed E-state index contributed by atoms with van der Waals surface area (Å²) in [6.07, 6.45) is -2.60. The van der Waals surface area contributed by atoms with Crippen LogP contribution in [0, 0.1) is 0 Å². The second kappa shape index (κ2) is 3.49. The molecule has 0 aliphatic rings. The maximum absolute atomic E-state index is 12.0. The Balaban J connectivity index is 2.88. The van der Waals surface area contributed by atoms with Crippen molar-refractivity contribution in [1.82, 2.24) is 0 Å². The quantitative estimate of drug-likeness (QED) is 0.714. The predicted octanol–water partition coefficient (Wildman–Crippen LogP) is 1.66. The van der Waals surface area contributed by atoms with Crippen molar-refractivity contribution in [2.45, 2.75) is 12.5 Å². The van der Waals surface area contributed by atoms with Crippen molar-refractivity contribution in [3.8, 4) is 5.75 Å². The van der Waals surface area contributed by atoms with Crippen LogP contribution in [0.25, 0.3) is 0 Å². The summed E-state index contributed by atoms with van der Waals surface area (Å²) < 4.78 is 24.1. The third kappa shape index (κ3) is 1.92. The van der Waals surface area contributed by atoms with Crippen LogP contribution in [0.15, 0.2) is 24.3 Å². The highest BCUT2D eigenvalue weighted by molar-refractivity contribution is 5.29. The lowest BCUT2D eigenvalue weighted by Crippen LogP contribution is -2.18. The molecule has 2 nitrogen and oxygen atoms in total. The van der Waals surface area contributed by atoms with Crippen molar-refractivity contribution in [2.75, 3.05) is 0 Å². The minimum absolute atomic E-state index is 0.0522. The van der Waals surface area contributed by atoms with Crippen LogP contribution in [-0.2, 0) is 0 Å². The van der Waals surface area contributed by atoms with Crippen LogP contribution < -0.4 is 5.73 Å². The molecule has 1 atom stereocenters. The maximum Gasteiger partial charge on any atom is 0.257 e. The Morgan fingerprint density at radius 1 is 1.33 bits per heavy atom. The van der Waals surface area contributed by atoms with Gasteiger partial charge in [0.05, 0.1) is 6.04 Å². The highest BCUT2D eigenvalue weighted by Gasteiger charge is 2.17. The first-order chi connectivity index (χ1) is 5.61. The van der Waals surface area contributed by atoms with E-state index in [1.165, 1.54) is 24.3 Å². The van der Waals surface area contributed by atoms with Gasteiger partial charge in [-0.05, 0) is 17.7 Å². The lowest BCUT2D eigenvalue weighted by Gasteiger charge is -2.10. The molecule has 0 amide bonds. The molecule has 0 spiro atoms. The second-order valence-electron chi connectivity index (χ2n) is 2.46. The number of alkyl halides is 2. The van der Waals surface area contributed by atoms with Gasteiger partial charge in [-0.3, -0.25) is 0 Å². The molecule has 12 heavy (non-hydrogen) atoms. The van der Waals surface area contributed by atoms with E-state index < -0.39 is 12.5 Å². The average Bonchev–Trinajstić information content (AvgIpc) is 2.03. The summed E-state index contributed by atoms with van der Waals surface area (Å²) in [4.78, 5) is 0. The summed E-state index contributed by atoms with van der Waals surface area (Å²) >= 11 is 0. The van der Waals surface area contributed by atoms with Gasteiger partial charge >= 0.3 is 0 Å². The van der Waals surface area contributed by atoms with Gasteiger partial charge in [-0.15, -0.1) is 0 Å². The number of phenolic OH excluding ortho intramolecular Hbond substituents is 1. The van der Waals surface area contributed by atoms with Gasteiger partial charge in [-0.1, -0.05) is 12.1 Å². The van der Waals surface area contributed by atoms with Crippen molar-refractivity contribution in [3.63, 3.8) is 0 Å². The summed E-state index contributed by atoms with van der Waals surface area (Å²) in [6, 6.07) is 4.25. The molecule has 0 fully saturated rings. The molecule has 3 N–H and O–H groups in total. The molecule has 66 valence electrons. The van der Waals surface area contributed by atoms with Crippen molar-refractivity contribution >= 4 is 0 Å². The van der Waals surface area contributed by atoms with Gasteiger partial charge in [0.1, 0.15) is 5.75 Å². The lowest BCUT2D eigenvalue weighted by molar-refractivity contribution is 0.116. The molecule has 0 radical (unpaired) electrons. The number of aromatic hydroxyl groups is 1. The average molecular weight is 173 g/mol. The number of nitrogens with two attached hydrogens (primary N) is 1. The van der Waals surface area contributed by atoms with Gasteiger partial charge in [0.15, 0.2) is 0 Å². The van der Waals surface area contributed by atoms with Crippen LogP contribution in [0.3, 0.4) is 0 Å². The van der Waals surface area contributed by atoms with Gasteiger partial charge in [0.2, 0.25) is 0 Å². The van der Waals surface area contributed by atoms with Crippen molar-refractivity contribution in [1.29, 1.82) is 0 Å². The molecule has 4 heteroatoms. The monoisotopic (exact) mass is 173 g/mol. The van der Waals surface area contributed by atoms with E-state index in [0.29, 0.717) is 0 Å². The Kier molecular flexibility index (Phi) is 2.60. The van der Waals surface area contributed by atoms with Gasteiger partial charge in [0.25, 0.3) is 6.43 Å². The maximum atomic E-state index is 12.0. The number of hydrogen-bond acceptors (Lipinski definition) is 2. The molecule has 0 bridgehead atoms. The third-order valence-electron chi connectivity index (χ3n) is 1.53. The van der Waals surface area contributed by atoms with E-state index in [9.17, 15) is 8.78 Å². The molecule has 0 aliphatic heterocycles. The van der Waals surface area contributed by atoms with Gasteiger partial charge < -0.3 is 10.8 Å². The van der Waals surface area contributed by atoms with E-state index in [-0.39, 0.29) is 11.3 Å². The first kappa shape index (κ1) is 8.93. The fraction of sp³-hybridized carbons (Fsp3) is 0.250. The Morgan fingerprint density at radius 3 is 2.50 bits per heavy atom. The topological polar surface area (TPSA) is 46.2 Å². The highest BCUT2D eigenvalue weighted by atomic mass is 19.3. The normalized spacial score (nSPS) is 13.3. The number of benzene rings is 1. The van der Waals surface area contributed by atoms with Gasteiger partial charge in [-0.25, -0.2) is 8.78 Å². The number of halogens is 2. The molecule has 0 heterocycles. The zero-order valence-corrected chi connectivity index (χ0v) is 6.24. The van der Waals surface area contributed by atoms with Crippen LogP contribution in [0.5, 0.6) is 5.75 Å². The first-order valence-electron chi connectivity index (χ1n) is 3.44. The zero-order valence-electron chi connectivity index (χ0n) is 6.24. The summed E-state index contributed by atoms with van der Waals surface area (Å²) in [5.74, 6) is -0.0522. The highest BCUT2D eigenvalue weighted by Crippen LogP contribution is 2.20. The van der Waals surface area contributed by atoms with Gasteiger partial charge in [0, 0.05) is 0 Å². The Hall–Kier alpha value is -1.16. The molecule has 1 aromatic carbocycles. The molecule has 1 rings (SSSR count). The Labute approximate surface area is 68.6 Å². The summed E-state index contributed by atoms with van der Waals surface area (Å²) in [5, 5.41) is 8.94. The SMILES string of the molecule is N[C@H](c1cccc(O)c1)C(F)F. The third-order valence-corrected chi connectivity index (χ3v) is 1.53. The van der Waals surface area contributed by atoms with Crippen molar-refractivity contribution in [3.05, 3.63) is 29.8 Å². The summed E-state index contributed by atoms with van der Waals surface area (Å²) in [5.41, 5.74) is 5.39. The lowest BCUT2D eigenvalue weighted by atomic mass is 10.1. The number of rotatable bonds is 2. The van der Waals surface area contributed by atoms with E-state index in [4.69, 9.17) is 10.8 Å². The molecular weight excluding hydrogens is 164 g/mol. The van der Waals surface area contributed by atoms with E-state index in [1.807, 2.05) is 0 Å². The fourth-order valence-electron chi connectivity index (χ4n) is 0.878. The second-order valence-corrected chi connectivity index (χ2v) is 2.46. The first-order valence-corrected chi connectivity index (χ1v) is 3.44. The molecule has 0 saturated carbocycles. The Morgan fingerprint density at radius 2 is 2.00 bits per heavy atom. The largest absolute Gasteiger partial charge is 0.508 e. The number of hydrogen-bond donors (Lipinski definition) is 2. The van der Waals surface area contributed by atoms with Gasteiger partial charge in [-0.2, -0.15) is 0 Å². The molecule has 1 aromatic rings. The smallest absolute Gasteiger partial charge is 0.257 e. The number of phenols is 1. The van der Waals surface area contributed by atoms with E-state index >= 15 is 0 Å². The molecular formula is C8H9F2NO. The van der Waals surface area contributed by atoms with Crippen LogP contribution in [-0.4, -0.2) is 11.5 Å². The predicted molar refractivity (Wildman–Crippen MR) is 41.0 cm³/mol. The fourth-order valence-corrected chi connectivity index (χ4v) is 0.878. The zero-order chi connectivity index (χ0) is 9.14. The standard InChI is InChI=1S/C8H9F2NO/c9-8(10)7(11)5-2-1-3-6(12)4-5/h1-4,7-8,12H,11H2/t7-/m1/s1. The van der Waals surface area contributed by atoms with E-state index in [1.54, 1.807) is 0 Å². The minimum atomic E-state index is -2.60. The van der Waals surface area contributed by atoms with Crippen LogP contribution in [0.2, 0.25) is 0 Å². The van der Waals surface area contributed by atoms with Crippen molar-refractivity contribution in [2.24, 2.45) is 5.73 Å². The summed E-state index contributed by atoms with van der Waals surface area (Å²) in [7, 11) is 0. The minimum Gasteiger partial charge on any atom is -0.508 e. The van der Waals surface area contributed by atoms with E-state index in [2.05, 4.69) is 0 Å². The van der Waals surface area contributed by atoms with Crippen LogP contribution in [0.4, 0.5) is 8.78 Å². The molecule has 0 aliphatic carbocycles. The van der Waals surface area contributed by atoms with Crippen molar-refractivity contribution < 1.29 is 13.9 Å². The molecule has 0 saturated heterocycles. The molecule has 0 unspecified atom stereocenters. The van der Waals surface area contributed by atoms with Crippen LogP contribution in [0.1, 0.15) is 11.6 Å². The van der Waals surface area contributed by atoms with E-state index in [0.717, 1.165) is 0 Å².